The SMILES string of the molecule is COc1cc(OC)cc(C(CC(=O)N2CCCC2)c2cnc3c(OCc4ccccc4)cccn23)c1. The maximum atomic E-state index is 13.3. The lowest BCUT2D eigenvalue weighted by Gasteiger charge is -2.22. The van der Waals surface area contributed by atoms with E-state index in [1.165, 1.54) is 0 Å². The van der Waals surface area contributed by atoms with Crippen LogP contribution in [0, 0.1) is 0 Å². The van der Waals surface area contributed by atoms with E-state index >= 15 is 0 Å². The van der Waals surface area contributed by atoms with Gasteiger partial charge < -0.3 is 23.5 Å². The average Bonchev–Trinajstić information content (AvgIpc) is 3.62. The van der Waals surface area contributed by atoms with Gasteiger partial charge >= 0.3 is 0 Å². The van der Waals surface area contributed by atoms with Crippen LogP contribution in [0.2, 0.25) is 0 Å². The first kappa shape index (κ1) is 23.7. The van der Waals surface area contributed by atoms with Gasteiger partial charge in [0.25, 0.3) is 0 Å². The Labute approximate surface area is 211 Å². The number of carbonyl (C=O) groups is 1. The van der Waals surface area contributed by atoms with Gasteiger partial charge in [-0.2, -0.15) is 0 Å². The number of methoxy groups -OCH3 is 2. The minimum Gasteiger partial charge on any atom is -0.497 e. The third-order valence-electron chi connectivity index (χ3n) is 6.74. The summed E-state index contributed by atoms with van der Waals surface area (Å²) in [6.45, 7) is 2.09. The molecule has 1 aliphatic heterocycles. The molecule has 0 aliphatic carbocycles. The Morgan fingerprint density at radius 1 is 0.972 bits per heavy atom. The molecule has 1 unspecified atom stereocenters. The largest absolute Gasteiger partial charge is 0.497 e. The molecule has 1 fully saturated rings. The van der Waals surface area contributed by atoms with E-state index in [0.717, 1.165) is 48.4 Å². The number of hydrogen-bond acceptors (Lipinski definition) is 5. The summed E-state index contributed by atoms with van der Waals surface area (Å²) in [5, 5.41) is 0. The summed E-state index contributed by atoms with van der Waals surface area (Å²) in [5.41, 5.74) is 3.66. The Balaban J connectivity index is 1.52. The molecular formula is C29H31N3O4. The molecule has 0 bridgehead atoms. The minimum absolute atomic E-state index is 0.144. The molecular weight excluding hydrogens is 454 g/mol. The van der Waals surface area contributed by atoms with Crippen molar-refractivity contribution < 1.29 is 19.0 Å². The number of aromatic nitrogens is 2. The Kier molecular flexibility index (Phi) is 7.07. The Morgan fingerprint density at radius 2 is 1.69 bits per heavy atom. The highest BCUT2D eigenvalue weighted by atomic mass is 16.5. The number of amides is 1. The van der Waals surface area contributed by atoms with E-state index in [1.54, 1.807) is 14.2 Å². The van der Waals surface area contributed by atoms with Crippen molar-refractivity contribution in [1.29, 1.82) is 0 Å². The summed E-state index contributed by atoms with van der Waals surface area (Å²) in [4.78, 5) is 20.0. The summed E-state index contributed by atoms with van der Waals surface area (Å²) in [6, 6.07) is 19.7. The topological polar surface area (TPSA) is 65.3 Å². The average molecular weight is 486 g/mol. The first-order valence-electron chi connectivity index (χ1n) is 12.3. The van der Waals surface area contributed by atoms with Gasteiger partial charge in [-0.3, -0.25) is 4.79 Å². The standard InChI is InChI=1S/C29H31N3O4/c1-34-23-15-22(16-24(17-23)35-2)25(18-28(33)31-12-6-7-13-31)26-19-30-29-27(11-8-14-32(26)29)36-20-21-9-4-3-5-10-21/h3-5,8-11,14-17,19,25H,6-7,12-13,18,20H2,1-2H3. The van der Waals surface area contributed by atoms with Gasteiger partial charge in [0.15, 0.2) is 11.4 Å². The van der Waals surface area contributed by atoms with E-state index in [1.807, 2.05) is 82.4 Å². The van der Waals surface area contributed by atoms with Crippen LogP contribution in [0.5, 0.6) is 17.2 Å². The lowest BCUT2D eigenvalue weighted by atomic mass is 9.91. The van der Waals surface area contributed by atoms with Gasteiger partial charge in [0.2, 0.25) is 5.91 Å². The number of benzene rings is 2. The molecule has 0 spiro atoms. The molecule has 3 heterocycles. The van der Waals surface area contributed by atoms with Gasteiger partial charge in [-0.1, -0.05) is 30.3 Å². The van der Waals surface area contributed by atoms with E-state index in [2.05, 4.69) is 0 Å². The second-order valence-electron chi connectivity index (χ2n) is 9.01. The monoisotopic (exact) mass is 485 g/mol. The predicted octanol–water partition coefficient (Wildman–Crippen LogP) is 5.07. The molecule has 7 heteroatoms. The smallest absolute Gasteiger partial charge is 0.223 e. The number of pyridine rings is 1. The molecule has 1 atom stereocenters. The first-order valence-corrected chi connectivity index (χ1v) is 12.3. The molecule has 1 saturated heterocycles. The molecule has 186 valence electrons. The van der Waals surface area contributed by atoms with Crippen LogP contribution >= 0.6 is 0 Å². The normalized spacial score (nSPS) is 14.1. The van der Waals surface area contributed by atoms with Gasteiger partial charge in [-0.25, -0.2) is 4.98 Å². The number of fused-ring (bicyclic) bond motifs is 1. The maximum absolute atomic E-state index is 13.3. The molecule has 0 N–H and O–H groups in total. The fourth-order valence-corrected chi connectivity index (χ4v) is 4.80. The fourth-order valence-electron chi connectivity index (χ4n) is 4.80. The van der Waals surface area contributed by atoms with Crippen LogP contribution in [0.15, 0.2) is 73.1 Å². The lowest BCUT2D eigenvalue weighted by Crippen LogP contribution is -2.29. The van der Waals surface area contributed by atoms with E-state index in [0.29, 0.717) is 30.3 Å². The zero-order valence-electron chi connectivity index (χ0n) is 20.7. The van der Waals surface area contributed by atoms with E-state index in [9.17, 15) is 4.79 Å². The summed E-state index contributed by atoms with van der Waals surface area (Å²) < 4.78 is 19.2. The molecule has 1 amide bonds. The number of ether oxygens (including phenoxy) is 3. The van der Waals surface area contributed by atoms with Crippen molar-refractivity contribution in [1.82, 2.24) is 14.3 Å². The summed E-state index contributed by atoms with van der Waals surface area (Å²) in [6.07, 6.45) is 6.26. The quantitative estimate of drug-likeness (QED) is 0.331. The number of likely N-dealkylation sites (tertiary alicyclic amines) is 1. The van der Waals surface area contributed by atoms with Crippen molar-refractivity contribution in [2.75, 3.05) is 27.3 Å². The minimum atomic E-state index is -0.235. The molecule has 2 aromatic heterocycles. The molecule has 7 nitrogen and oxygen atoms in total. The first-order chi connectivity index (χ1) is 17.7. The highest BCUT2D eigenvalue weighted by molar-refractivity contribution is 5.78. The van der Waals surface area contributed by atoms with Crippen LogP contribution in [0.25, 0.3) is 5.65 Å². The van der Waals surface area contributed by atoms with Gasteiger partial charge in [-0.05, 0) is 48.2 Å². The van der Waals surface area contributed by atoms with Crippen molar-refractivity contribution >= 4 is 11.6 Å². The van der Waals surface area contributed by atoms with Crippen molar-refractivity contribution in [3.8, 4) is 17.2 Å². The summed E-state index contributed by atoms with van der Waals surface area (Å²) in [7, 11) is 3.26. The highest BCUT2D eigenvalue weighted by Gasteiger charge is 2.27. The molecule has 0 saturated carbocycles. The molecule has 4 aromatic rings. The number of rotatable bonds is 9. The van der Waals surface area contributed by atoms with Crippen molar-refractivity contribution in [2.24, 2.45) is 0 Å². The van der Waals surface area contributed by atoms with Gasteiger partial charge in [0.05, 0.1) is 19.9 Å². The fraction of sp³-hybridized carbons (Fsp3) is 0.310. The third-order valence-corrected chi connectivity index (χ3v) is 6.74. The van der Waals surface area contributed by atoms with Gasteiger partial charge in [0.1, 0.15) is 18.1 Å². The van der Waals surface area contributed by atoms with Crippen LogP contribution in [0.3, 0.4) is 0 Å². The number of hydrogen-bond donors (Lipinski definition) is 0. The number of nitrogens with zero attached hydrogens (tertiary/aromatic N) is 3. The van der Waals surface area contributed by atoms with Gasteiger partial charge in [-0.15, -0.1) is 0 Å². The van der Waals surface area contributed by atoms with Crippen molar-refractivity contribution in [3.63, 3.8) is 0 Å². The van der Waals surface area contributed by atoms with Crippen LogP contribution in [-0.4, -0.2) is 47.5 Å². The number of imidazole rings is 1. The number of carbonyl (C=O) groups excluding carboxylic acids is 1. The van der Waals surface area contributed by atoms with Crippen LogP contribution < -0.4 is 14.2 Å². The summed E-state index contributed by atoms with van der Waals surface area (Å²) in [5.74, 6) is 1.97. The zero-order valence-corrected chi connectivity index (χ0v) is 20.7. The molecule has 5 rings (SSSR count). The van der Waals surface area contributed by atoms with Crippen molar-refractivity contribution in [2.45, 2.75) is 31.8 Å². The van der Waals surface area contributed by atoms with E-state index < -0.39 is 0 Å². The zero-order chi connectivity index (χ0) is 24.9. The molecule has 0 radical (unpaired) electrons. The molecule has 2 aromatic carbocycles. The maximum Gasteiger partial charge on any atom is 0.223 e. The summed E-state index contributed by atoms with van der Waals surface area (Å²) >= 11 is 0. The Morgan fingerprint density at radius 3 is 2.39 bits per heavy atom. The Hall–Kier alpha value is -4.00. The molecule has 1 aliphatic rings. The highest BCUT2D eigenvalue weighted by Crippen LogP contribution is 2.36. The lowest BCUT2D eigenvalue weighted by molar-refractivity contribution is -0.130. The van der Waals surface area contributed by atoms with E-state index in [-0.39, 0.29) is 11.8 Å². The van der Waals surface area contributed by atoms with Gasteiger partial charge in [0, 0.05) is 43.9 Å². The Bertz CT molecular complexity index is 1310. The second-order valence-corrected chi connectivity index (χ2v) is 9.01. The van der Waals surface area contributed by atoms with Crippen LogP contribution in [-0.2, 0) is 11.4 Å². The van der Waals surface area contributed by atoms with Crippen LogP contribution in [0.4, 0.5) is 0 Å². The van der Waals surface area contributed by atoms with Crippen LogP contribution in [0.1, 0.15) is 42.0 Å². The third kappa shape index (κ3) is 5.00. The second kappa shape index (κ2) is 10.7. The van der Waals surface area contributed by atoms with Crippen molar-refractivity contribution in [3.05, 3.63) is 89.9 Å². The van der Waals surface area contributed by atoms with E-state index in [4.69, 9.17) is 19.2 Å². The molecule has 36 heavy (non-hydrogen) atoms. The predicted molar refractivity (Wildman–Crippen MR) is 138 cm³/mol.